The average Bonchev–Trinajstić information content (AvgIpc) is 2.02. The molecular formula is C11H26N2Sn. The van der Waals surface area contributed by atoms with Gasteiger partial charge in [-0.25, -0.2) is 0 Å². The fraction of sp³-hybridized carbons (Fsp3) is 1.00. The Morgan fingerprint density at radius 3 is 1.50 bits per heavy atom. The van der Waals surface area contributed by atoms with Gasteiger partial charge in [0.1, 0.15) is 0 Å². The van der Waals surface area contributed by atoms with Crippen molar-refractivity contribution in [2.45, 2.75) is 49.4 Å². The van der Waals surface area contributed by atoms with Crippen molar-refractivity contribution in [2.75, 3.05) is 19.8 Å². The van der Waals surface area contributed by atoms with E-state index in [1.54, 1.807) is 0 Å². The van der Waals surface area contributed by atoms with Gasteiger partial charge in [-0.1, -0.05) is 0 Å². The Kier molecular flexibility index (Phi) is 4.30. The summed E-state index contributed by atoms with van der Waals surface area (Å²) in [6.45, 7) is 18.2. The molecule has 0 aromatic carbocycles. The quantitative estimate of drug-likeness (QED) is 0.737. The van der Waals surface area contributed by atoms with Crippen LogP contribution in [-0.2, 0) is 0 Å². The molecule has 2 nitrogen and oxygen atoms in total. The molecule has 0 unspecified atom stereocenters. The summed E-state index contributed by atoms with van der Waals surface area (Å²) in [6.07, 6.45) is 0. The van der Waals surface area contributed by atoms with Crippen molar-refractivity contribution >= 4 is 18.9 Å². The van der Waals surface area contributed by atoms with Gasteiger partial charge in [-0.15, -0.1) is 0 Å². The van der Waals surface area contributed by atoms with Crippen LogP contribution in [0.15, 0.2) is 0 Å². The van der Waals surface area contributed by atoms with E-state index in [-0.39, 0.29) is 0 Å². The van der Waals surface area contributed by atoms with E-state index in [4.69, 9.17) is 0 Å². The Morgan fingerprint density at radius 2 is 1.29 bits per heavy atom. The van der Waals surface area contributed by atoms with Crippen molar-refractivity contribution in [3.63, 3.8) is 0 Å². The van der Waals surface area contributed by atoms with Crippen LogP contribution in [0.3, 0.4) is 0 Å². The molecule has 1 heterocycles. The number of rotatable bonds is 4. The summed E-state index contributed by atoms with van der Waals surface area (Å²) in [5.41, 5.74) is 0. The molecule has 0 aromatic heterocycles. The fourth-order valence-electron chi connectivity index (χ4n) is 3.39. The van der Waals surface area contributed by atoms with Gasteiger partial charge in [-0.2, -0.15) is 0 Å². The van der Waals surface area contributed by atoms with Crippen LogP contribution >= 0.6 is 0 Å². The van der Waals surface area contributed by atoms with E-state index >= 15 is 0 Å². The molecule has 1 aliphatic heterocycles. The number of hydrogen-bond donors (Lipinski definition) is 0. The minimum absolute atomic E-state index is 0.915. The first kappa shape index (κ1) is 12.8. The third kappa shape index (κ3) is 1.63. The molecule has 84 valence electrons. The van der Waals surface area contributed by atoms with E-state index in [0.717, 1.165) is 7.87 Å². The zero-order valence-corrected chi connectivity index (χ0v) is 13.5. The van der Waals surface area contributed by atoms with Gasteiger partial charge in [-0.05, 0) is 0 Å². The zero-order chi connectivity index (χ0) is 10.9. The SMILES string of the molecule is CC[N]1C[N](CC)[Sn]1([CH](C)C)[CH](C)C. The van der Waals surface area contributed by atoms with Gasteiger partial charge in [-0.3, -0.25) is 0 Å². The molecule has 0 saturated carbocycles. The molecule has 0 spiro atoms. The van der Waals surface area contributed by atoms with Crippen LogP contribution in [0.1, 0.15) is 41.5 Å². The van der Waals surface area contributed by atoms with Crippen molar-refractivity contribution in [3.05, 3.63) is 0 Å². The van der Waals surface area contributed by atoms with Gasteiger partial charge < -0.3 is 0 Å². The second-order valence-corrected chi connectivity index (χ2v) is 19.6. The molecule has 1 rings (SSSR count). The molecule has 14 heavy (non-hydrogen) atoms. The number of hydrogen-bond acceptors (Lipinski definition) is 2. The minimum atomic E-state index is -2.12. The molecule has 0 bridgehead atoms. The molecule has 0 aromatic rings. The van der Waals surface area contributed by atoms with Gasteiger partial charge in [0.05, 0.1) is 0 Å². The topological polar surface area (TPSA) is 6.48 Å². The molecule has 1 saturated heterocycles. The summed E-state index contributed by atoms with van der Waals surface area (Å²) in [6, 6.07) is 0. The maximum atomic E-state index is 2.83. The van der Waals surface area contributed by atoms with Crippen LogP contribution in [0.4, 0.5) is 0 Å². The zero-order valence-electron chi connectivity index (χ0n) is 10.7. The summed E-state index contributed by atoms with van der Waals surface area (Å²) in [4.78, 5) is 0. The predicted molar refractivity (Wildman–Crippen MR) is 65.6 cm³/mol. The Balaban J connectivity index is 2.91. The van der Waals surface area contributed by atoms with Gasteiger partial charge in [0, 0.05) is 0 Å². The van der Waals surface area contributed by atoms with Crippen LogP contribution in [0, 0.1) is 0 Å². The van der Waals surface area contributed by atoms with E-state index in [9.17, 15) is 0 Å². The van der Waals surface area contributed by atoms with Crippen molar-refractivity contribution in [2.24, 2.45) is 0 Å². The van der Waals surface area contributed by atoms with Gasteiger partial charge in [0.2, 0.25) is 0 Å². The summed E-state index contributed by atoms with van der Waals surface area (Å²) in [5, 5.41) is 0. The monoisotopic (exact) mass is 306 g/mol. The number of nitrogens with zero attached hydrogens (tertiary/aromatic N) is 2. The standard InChI is InChI=1S/C5H12N2.2C3H7.Sn/c1-3-6-5-7-4-2;2*1-3-2;/h3-5H2,1-2H3;2*3H,1-2H3;/q-2;;;+2. The Hall–Kier alpha value is 0.719. The van der Waals surface area contributed by atoms with E-state index in [2.05, 4.69) is 47.8 Å². The van der Waals surface area contributed by atoms with Crippen molar-refractivity contribution < 1.29 is 0 Å². The maximum absolute atomic E-state index is 2.83. The Labute approximate surface area is 94.2 Å². The molecule has 0 radical (unpaired) electrons. The average molecular weight is 305 g/mol. The van der Waals surface area contributed by atoms with Crippen LogP contribution in [-0.4, -0.2) is 44.9 Å². The Bertz CT molecular complexity index is 172. The Morgan fingerprint density at radius 1 is 0.929 bits per heavy atom. The second-order valence-electron chi connectivity index (χ2n) is 4.95. The first-order valence-corrected chi connectivity index (χ1v) is 11.9. The summed E-state index contributed by atoms with van der Waals surface area (Å²) in [5.74, 6) is 0. The molecule has 1 fully saturated rings. The van der Waals surface area contributed by atoms with Gasteiger partial charge >= 0.3 is 94.3 Å². The molecule has 1 aliphatic rings. The summed E-state index contributed by atoms with van der Waals surface area (Å²) in [7, 11) is 0. The summed E-state index contributed by atoms with van der Waals surface area (Å²) < 4.78 is 7.48. The van der Waals surface area contributed by atoms with E-state index in [1.165, 1.54) is 19.8 Å². The molecule has 0 N–H and O–H groups in total. The van der Waals surface area contributed by atoms with Gasteiger partial charge in [0.15, 0.2) is 0 Å². The third-order valence-electron chi connectivity index (χ3n) is 3.82. The van der Waals surface area contributed by atoms with Crippen molar-refractivity contribution in [1.29, 1.82) is 0 Å². The molecule has 0 amide bonds. The van der Waals surface area contributed by atoms with E-state index < -0.39 is 18.9 Å². The summed E-state index contributed by atoms with van der Waals surface area (Å²) >= 11 is -2.12. The van der Waals surface area contributed by atoms with Crippen molar-refractivity contribution in [3.8, 4) is 0 Å². The van der Waals surface area contributed by atoms with Crippen molar-refractivity contribution in [1.82, 2.24) is 6.24 Å². The molecule has 3 heteroatoms. The van der Waals surface area contributed by atoms with Gasteiger partial charge in [0.25, 0.3) is 0 Å². The van der Waals surface area contributed by atoms with E-state index in [0.29, 0.717) is 0 Å². The molecule has 0 atom stereocenters. The predicted octanol–water partition coefficient (Wildman–Crippen LogP) is 2.86. The van der Waals surface area contributed by atoms with Crippen LogP contribution < -0.4 is 0 Å². The first-order valence-electron chi connectivity index (χ1n) is 6.01. The first-order chi connectivity index (χ1) is 6.51. The van der Waals surface area contributed by atoms with Crippen LogP contribution in [0.2, 0.25) is 7.87 Å². The fourth-order valence-corrected chi connectivity index (χ4v) is 21.2. The van der Waals surface area contributed by atoms with E-state index in [1.807, 2.05) is 0 Å². The molecular weight excluding hydrogens is 279 g/mol. The second kappa shape index (κ2) is 4.70. The van der Waals surface area contributed by atoms with Crippen LogP contribution in [0.5, 0.6) is 0 Å². The third-order valence-corrected chi connectivity index (χ3v) is 21.9. The normalized spacial score (nSPS) is 23.1. The van der Waals surface area contributed by atoms with Crippen LogP contribution in [0.25, 0.3) is 0 Å². The molecule has 0 aliphatic carbocycles.